The van der Waals surface area contributed by atoms with Gasteiger partial charge < -0.3 is 9.73 Å². The van der Waals surface area contributed by atoms with Gasteiger partial charge in [0.15, 0.2) is 0 Å². The van der Waals surface area contributed by atoms with E-state index < -0.39 is 10.0 Å². The Kier molecular flexibility index (Phi) is 7.10. The first kappa shape index (κ1) is 21.5. The van der Waals surface area contributed by atoms with E-state index in [1.807, 2.05) is 25.1 Å². The molecule has 1 aromatic carbocycles. The third-order valence-corrected chi connectivity index (χ3v) is 6.83. The van der Waals surface area contributed by atoms with E-state index in [9.17, 15) is 13.2 Å². The van der Waals surface area contributed by atoms with E-state index in [4.69, 9.17) is 4.42 Å². The second-order valence-corrected chi connectivity index (χ2v) is 9.23. The van der Waals surface area contributed by atoms with Gasteiger partial charge in [0.1, 0.15) is 5.76 Å². The summed E-state index contributed by atoms with van der Waals surface area (Å²) in [5, 5.41) is 2.92. The molecular weight excluding hydrogens is 390 g/mol. The van der Waals surface area contributed by atoms with Crippen LogP contribution in [-0.2, 0) is 14.8 Å². The highest BCUT2D eigenvalue weighted by Crippen LogP contribution is 2.24. The van der Waals surface area contributed by atoms with E-state index in [1.54, 1.807) is 25.3 Å². The molecule has 29 heavy (non-hydrogen) atoms. The van der Waals surface area contributed by atoms with E-state index in [-0.39, 0.29) is 29.8 Å². The first-order chi connectivity index (χ1) is 13.9. The zero-order valence-electron chi connectivity index (χ0n) is 17.0. The summed E-state index contributed by atoms with van der Waals surface area (Å²) in [6.07, 6.45) is 4.01. The summed E-state index contributed by atoms with van der Waals surface area (Å²) in [5.74, 6) is 0.645. The fourth-order valence-electron chi connectivity index (χ4n) is 3.72. The predicted octanol–water partition coefficient (Wildman–Crippen LogP) is 2.52. The zero-order valence-corrected chi connectivity index (χ0v) is 17.8. The molecule has 1 atom stereocenters. The number of nitrogens with zero attached hydrogens (tertiary/aromatic N) is 1. The number of nitrogens with one attached hydrogen (secondary N) is 2. The third kappa shape index (κ3) is 5.68. The number of hydrogen-bond donors (Lipinski definition) is 2. The molecule has 2 N–H and O–H groups in total. The van der Waals surface area contributed by atoms with Crippen molar-refractivity contribution in [3.05, 3.63) is 53.5 Å². The summed E-state index contributed by atoms with van der Waals surface area (Å²) < 4.78 is 33.0. The van der Waals surface area contributed by atoms with Gasteiger partial charge in [0.2, 0.25) is 15.9 Å². The Morgan fingerprint density at radius 3 is 2.62 bits per heavy atom. The van der Waals surface area contributed by atoms with Crippen LogP contribution in [-0.4, -0.2) is 45.4 Å². The molecule has 0 aliphatic carbocycles. The van der Waals surface area contributed by atoms with E-state index in [1.165, 1.54) is 0 Å². The normalized spacial score (nSPS) is 16.1. The number of hydrogen-bond acceptors (Lipinski definition) is 5. The topological polar surface area (TPSA) is 91.6 Å². The van der Waals surface area contributed by atoms with Gasteiger partial charge in [0.25, 0.3) is 0 Å². The molecular formula is C21H29N3O4S. The van der Waals surface area contributed by atoms with Crippen LogP contribution in [0.4, 0.5) is 0 Å². The highest BCUT2D eigenvalue weighted by molar-refractivity contribution is 7.89. The molecule has 2 aromatic rings. The molecule has 7 nitrogen and oxygen atoms in total. The van der Waals surface area contributed by atoms with Gasteiger partial charge in [-0.15, -0.1) is 0 Å². The van der Waals surface area contributed by atoms with Crippen LogP contribution in [0.5, 0.6) is 0 Å². The lowest BCUT2D eigenvalue weighted by Gasteiger charge is -2.26. The summed E-state index contributed by atoms with van der Waals surface area (Å²) in [5.41, 5.74) is 1.69. The minimum Gasteiger partial charge on any atom is -0.468 e. The number of carbonyl (C=O) groups excluding carboxylic acids is 1. The Hall–Kier alpha value is -2.16. The van der Waals surface area contributed by atoms with Gasteiger partial charge in [0.05, 0.1) is 17.2 Å². The van der Waals surface area contributed by atoms with Crippen molar-refractivity contribution in [3.8, 4) is 0 Å². The number of amides is 1. The van der Waals surface area contributed by atoms with Crippen molar-refractivity contribution in [3.63, 3.8) is 0 Å². The summed E-state index contributed by atoms with van der Waals surface area (Å²) in [4.78, 5) is 14.8. The van der Waals surface area contributed by atoms with Crippen molar-refractivity contribution in [2.24, 2.45) is 0 Å². The summed E-state index contributed by atoms with van der Waals surface area (Å²) in [6.45, 7) is 6.14. The SMILES string of the molecule is Cc1ccc(S(=O)(=O)NCCC(=O)NCC(c2ccco2)N2CCCC2)c(C)c1. The van der Waals surface area contributed by atoms with Gasteiger partial charge in [-0.2, -0.15) is 0 Å². The minimum atomic E-state index is -3.64. The number of carbonyl (C=O) groups is 1. The number of sulfonamides is 1. The number of aryl methyl sites for hydroxylation is 2. The molecule has 1 aromatic heterocycles. The Balaban J connectivity index is 1.50. The van der Waals surface area contributed by atoms with Crippen LogP contribution >= 0.6 is 0 Å². The molecule has 1 aliphatic rings. The molecule has 0 saturated carbocycles. The number of likely N-dealkylation sites (tertiary alicyclic amines) is 1. The Labute approximate surface area is 172 Å². The summed E-state index contributed by atoms with van der Waals surface area (Å²) in [6, 6.07) is 8.96. The molecule has 8 heteroatoms. The maximum atomic E-state index is 12.5. The molecule has 1 fully saturated rings. The minimum absolute atomic E-state index is 0.00310. The molecule has 1 aliphatic heterocycles. The lowest BCUT2D eigenvalue weighted by atomic mass is 10.2. The van der Waals surface area contributed by atoms with Gasteiger partial charge >= 0.3 is 0 Å². The first-order valence-corrected chi connectivity index (χ1v) is 11.5. The molecule has 2 heterocycles. The monoisotopic (exact) mass is 419 g/mol. The molecule has 1 amide bonds. The lowest BCUT2D eigenvalue weighted by Crippen LogP contribution is -2.38. The van der Waals surface area contributed by atoms with Gasteiger partial charge in [0, 0.05) is 19.5 Å². The molecule has 3 rings (SSSR count). The molecule has 0 radical (unpaired) electrons. The lowest BCUT2D eigenvalue weighted by molar-refractivity contribution is -0.121. The molecule has 158 valence electrons. The Bertz CT molecular complexity index is 919. The maximum absolute atomic E-state index is 12.5. The Morgan fingerprint density at radius 1 is 1.21 bits per heavy atom. The van der Waals surface area contributed by atoms with Crippen LogP contribution in [0, 0.1) is 13.8 Å². The van der Waals surface area contributed by atoms with Gasteiger partial charge in [-0.25, -0.2) is 13.1 Å². The number of furan rings is 1. The predicted molar refractivity (Wildman–Crippen MR) is 111 cm³/mol. The fraction of sp³-hybridized carbons (Fsp3) is 0.476. The van der Waals surface area contributed by atoms with E-state index in [0.29, 0.717) is 12.1 Å². The summed E-state index contributed by atoms with van der Waals surface area (Å²) >= 11 is 0. The zero-order chi connectivity index (χ0) is 20.9. The van der Waals surface area contributed by atoms with Gasteiger partial charge in [-0.1, -0.05) is 17.7 Å². The highest BCUT2D eigenvalue weighted by atomic mass is 32.2. The average molecular weight is 420 g/mol. The Morgan fingerprint density at radius 2 is 1.97 bits per heavy atom. The number of benzene rings is 1. The quantitative estimate of drug-likeness (QED) is 0.652. The van der Waals surface area contributed by atoms with E-state index in [2.05, 4.69) is 14.9 Å². The van der Waals surface area contributed by atoms with Crippen molar-refractivity contribution >= 4 is 15.9 Å². The van der Waals surface area contributed by atoms with E-state index in [0.717, 1.165) is 37.3 Å². The third-order valence-electron chi connectivity index (χ3n) is 5.21. The van der Waals surface area contributed by atoms with Gasteiger partial charge in [-0.05, 0) is 63.5 Å². The van der Waals surface area contributed by atoms with Crippen molar-refractivity contribution in [2.75, 3.05) is 26.2 Å². The van der Waals surface area contributed by atoms with Crippen LogP contribution in [0.25, 0.3) is 0 Å². The van der Waals surface area contributed by atoms with Crippen LogP contribution in [0.15, 0.2) is 45.9 Å². The van der Waals surface area contributed by atoms with Crippen LogP contribution in [0.1, 0.15) is 42.2 Å². The smallest absolute Gasteiger partial charge is 0.240 e. The largest absolute Gasteiger partial charge is 0.468 e. The molecule has 1 saturated heterocycles. The second-order valence-electron chi connectivity index (χ2n) is 7.50. The number of rotatable bonds is 9. The van der Waals surface area contributed by atoms with Crippen LogP contribution in [0.2, 0.25) is 0 Å². The van der Waals surface area contributed by atoms with Crippen molar-refractivity contribution in [2.45, 2.75) is 44.0 Å². The molecule has 0 bridgehead atoms. The molecule has 0 spiro atoms. The standard InChI is InChI=1S/C21H29N3O4S/c1-16-7-8-20(17(2)14-16)29(26,27)23-10-9-21(25)22-15-18(19-6-5-13-28-19)24-11-3-4-12-24/h5-8,13-14,18,23H,3-4,9-12,15H2,1-2H3,(H,22,25). The van der Waals surface area contributed by atoms with Crippen molar-refractivity contribution < 1.29 is 17.6 Å². The fourth-order valence-corrected chi connectivity index (χ4v) is 4.98. The highest BCUT2D eigenvalue weighted by Gasteiger charge is 2.26. The average Bonchev–Trinajstić information content (AvgIpc) is 3.36. The second kappa shape index (κ2) is 9.56. The van der Waals surface area contributed by atoms with E-state index >= 15 is 0 Å². The van der Waals surface area contributed by atoms with Crippen molar-refractivity contribution in [1.82, 2.24) is 14.9 Å². The van der Waals surface area contributed by atoms with Crippen LogP contribution < -0.4 is 10.0 Å². The van der Waals surface area contributed by atoms with Crippen molar-refractivity contribution in [1.29, 1.82) is 0 Å². The molecule has 1 unspecified atom stereocenters. The van der Waals surface area contributed by atoms with Crippen LogP contribution in [0.3, 0.4) is 0 Å². The first-order valence-electron chi connectivity index (χ1n) is 9.98. The summed E-state index contributed by atoms with van der Waals surface area (Å²) in [7, 11) is -3.64. The van der Waals surface area contributed by atoms with Gasteiger partial charge in [-0.3, -0.25) is 9.69 Å². The maximum Gasteiger partial charge on any atom is 0.240 e.